The van der Waals surface area contributed by atoms with E-state index in [-0.39, 0.29) is 63.7 Å². The number of hydrogen-bond acceptors (Lipinski definition) is 6. The largest absolute Gasteiger partial charge is 1.00 e. The maximum atomic E-state index is 11.5. The van der Waals surface area contributed by atoms with E-state index in [4.69, 9.17) is 9.15 Å². The molecule has 1 N–H and O–H groups in total. The summed E-state index contributed by atoms with van der Waals surface area (Å²) >= 11 is 0. The average molecular weight is 443 g/mol. The second-order valence-corrected chi connectivity index (χ2v) is 6.81. The van der Waals surface area contributed by atoms with Crippen LogP contribution in [0.1, 0.15) is 12.8 Å². The Morgan fingerprint density at radius 3 is 2.61 bits per heavy atom. The molecule has 0 aliphatic rings. The molecule has 0 unspecified atom stereocenters. The van der Waals surface area contributed by atoms with Gasteiger partial charge in [-0.25, -0.2) is 4.98 Å². The third-order valence-corrected chi connectivity index (χ3v) is 4.60. The van der Waals surface area contributed by atoms with Crippen LogP contribution in [0.5, 0.6) is 5.75 Å². The molecule has 4 rings (SSSR count). The number of aliphatic carboxylic acids is 1. The standard InChI is InChI=1S/C23H20N2O5.K/c26-21(24-14-22(27)28)6-3-11-29-18-10-9-15-12-17(8-7-16(15)13-18)23-25-19-4-1-2-5-20(19)30-23;/h1-2,4-5,7-10,12-13H,3,6,11,14H2,(H,24,26)(H,27,28);/q;+1/p-1. The van der Waals surface area contributed by atoms with Gasteiger partial charge in [-0.05, 0) is 53.6 Å². The Labute approximate surface area is 221 Å². The average Bonchev–Trinajstić information content (AvgIpc) is 3.19. The quantitative estimate of drug-likeness (QED) is 0.296. The number of nitrogens with zero attached hydrogens (tertiary/aromatic N) is 1. The first-order valence-corrected chi connectivity index (χ1v) is 9.57. The van der Waals surface area contributed by atoms with Gasteiger partial charge < -0.3 is 24.4 Å². The number of benzene rings is 3. The summed E-state index contributed by atoms with van der Waals surface area (Å²) in [4.78, 5) is 26.3. The number of nitrogens with one attached hydrogen (secondary N) is 1. The minimum Gasteiger partial charge on any atom is -0.548 e. The Bertz CT molecular complexity index is 1190. The van der Waals surface area contributed by atoms with Crippen LogP contribution >= 0.6 is 0 Å². The number of aromatic nitrogens is 1. The molecule has 4 aromatic rings. The van der Waals surface area contributed by atoms with E-state index in [1.807, 2.05) is 60.7 Å². The van der Waals surface area contributed by atoms with Crippen LogP contribution in [0.2, 0.25) is 0 Å². The van der Waals surface area contributed by atoms with E-state index < -0.39 is 12.5 Å². The normalized spacial score (nSPS) is 10.6. The summed E-state index contributed by atoms with van der Waals surface area (Å²) in [6.07, 6.45) is 0.669. The zero-order valence-corrected chi connectivity index (χ0v) is 20.2. The van der Waals surface area contributed by atoms with Crippen LogP contribution in [0.4, 0.5) is 0 Å². The summed E-state index contributed by atoms with van der Waals surface area (Å²) in [7, 11) is 0. The first-order chi connectivity index (χ1) is 14.6. The molecule has 0 aliphatic heterocycles. The van der Waals surface area contributed by atoms with Crippen LogP contribution in [-0.4, -0.2) is 30.0 Å². The fourth-order valence-corrected chi connectivity index (χ4v) is 3.12. The minimum absolute atomic E-state index is 0. The van der Waals surface area contributed by atoms with Gasteiger partial charge in [0.1, 0.15) is 11.3 Å². The van der Waals surface area contributed by atoms with Crippen molar-refractivity contribution in [3.05, 3.63) is 60.7 Å². The van der Waals surface area contributed by atoms with Gasteiger partial charge in [-0.3, -0.25) is 4.79 Å². The van der Waals surface area contributed by atoms with Gasteiger partial charge in [-0.1, -0.05) is 24.3 Å². The minimum atomic E-state index is -1.31. The van der Waals surface area contributed by atoms with Gasteiger partial charge in [-0.15, -0.1) is 0 Å². The Morgan fingerprint density at radius 1 is 1.03 bits per heavy atom. The van der Waals surface area contributed by atoms with Crippen molar-refractivity contribution in [1.82, 2.24) is 10.3 Å². The molecular weight excluding hydrogens is 423 g/mol. The van der Waals surface area contributed by atoms with E-state index in [9.17, 15) is 14.7 Å². The predicted molar refractivity (Wildman–Crippen MR) is 110 cm³/mol. The first-order valence-electron chi connectivity index (χ1n) is 9.57. The van der Waals surface area contributed by atoms with Crippen LogP contribution < -0.4 is 66.5 Å². The van der Waals surface area contributed by atoms with Crippen LogP contribution in [0, 0.1) is 0 Å². The summed E-state index contributed by atoms with van der Waals surface area (Å²) in [6, 6.07) is 19.4. The molecule has 0 atom stereocenters. The fourth-order valence-electron chi connectivity index (χ4n) is 3.12. The molecule has 0 bridgehead atoms. The maximum absolute atomic E-state index is 11.5. The summed E-state index contributed by atoms with van der Waals surface area (Å²) in [5.41, 5.74) is 2.48. The molecule has 0 fully saturated rings. The number of carbonyl (C=O) groups is 2. The van der Waals surface area contributed by atoms with Gasteiger partial charge >= 0.3 is 51.4 Å². The van der Waals surface area contributed by atoms with Crippen molar-refractivity contribution >= 4 is 33.7 Å². The topological polar surface area (TPSA) is 104 Å². The molecule has 1 amide bonds. The molecule has 7 nitrogen and oxygen atoms in total. The third-order valence-electron chi connectivity index (χ3n) is 4.60. The molecule has 1 aromatic heterocycles. The number of carboxylic acids is 1. The van der Waals surface area contributed by atoms with Gasteiger partial charge in [0.15, 0.2) is 5.58 Å². The summed E-state index contributed by atoms with van der Waals surface area (Å²) < 4.78 is 11.5. The van der Waals surface area contributed by atoms with Crippen molar-refractivity contribution < 1.29 is 75.2 Å². The molecule has 0 radical (unpaired) electrons. The van der Waals surface area contributed by atoms with Crippen LogP contribution in [0.25, 0.3) is 33.3 Å². The Morgan fingerprint density at radius 2 is 1.81 bits per heavy atom. The van der Waals surface area contributed by atoms with E-state index in [1.54, 1.807) is 0 Å². The van der Waals surface area contributed by atoms with Gasteiger partial charge in [0, 0.05) is 12.0 Å². The molecule has 0 spiro atoms. The van der Waals surface area contributed by atoms with E-state index in [0.29, 0.717) is 24.7 Å². The fraction of sp³-hybridized carbons (Fsp3) is 0.174. The SMILES string of the molecule is O=C([O-])CNC(=O)CCCOc1ccc2cc(-c3nc4ccccc4o3)ccc2c1.[K+]. The summed E-state index contributed by atoms with van der Waals surface area (Å²) in [6.45, 7) is -0.124. The Balaban J connectivity index is 0.00000272. The number of fused-ring (bicyclic) bond motifs is 2. The van der Waals surface area contributed by atoms with Gasteiger partial charge in [0.25, 0.3) is 0 Å². The van der Waals surface area contributed by atoms with Crippen LogP contribution in [0.3, 0.4) is 0 Å². The number of rotatable bonds is 8. The van der Waals surface area contributed by atoms with Crippen molar-refractivity contribution in [3.63, 3.8) is 0 Å². The zero-order valence-electron chi connectivity index (χ0n) is 17.1. The molecule has 31 heavy (non-hydrogen) atoms. The van der Waals surface area contributed by atoms with Crippen LogP contribution in [0.15, 0.2) is 65.1 Å². The second kappa shape index (κ2) is 10.9. The molecular formula is C23H19KN2O5. The number of oxazole rings is 1. The van der Waals surface area contributed by atoms with Crippen molar-refractivity contribution in [3.8, 4) is 17.2 Å². The van der Waals surface area contributed by atoms with E-state index in [0.717, 1.165) is 27.4 Å². The number of ether oxygens (including phenoxy) is 1. The number of para-hydroxylation sites is 2. The summed E-state index contributed by atoms with van der Waals surface area (Å²) in [5, 5.41) is 14.6. The predicted octanol–water partition coefficient (Wildman–Crippen LogP) is -0.323. The maximum Gasteiger partial charge on any atom is 1.00 e. The first kappa shape index (κ1) is 23.4. The smallest absolute Gasteiger partial charge is 0.548 e. The van der Waals surface area contributed by atoms with Crippen molar-refractivity contribution in [2.45, 2.75) is 12.8 Å². The van der Waals surface area contributed by atoms with Gasteiger partial charge in [-0.2, -0.15) is 0 Å². The molecule has 0 saturated heterocycles. The molecule has 0 aliphatic carbocycles. The Kier molecular flexibility index (Phi) is 8.22. The number of carboxylic acid groups (broad SMARTS) is 1. The second-order valence-electron chi connectivity index (χ2n) is 6.81. The number of carbonyl (C=O) groups excluding carboxylic acids is 2. The van der Waals surface area contributed by atoms with E-state index >= 15 is 0 Å². The molecule has 1 heterocycles. The number of hydrogen-bond donors (Lipinski definition) is 1. The van der Waals surface area contributed by atoms with Crippen LogP contribution in [-0.2, 0) is 9.59 Å². The molecule has 3 aromatic carbocycles. The van der Waals surface area contributed by atoms with Crippen molar-refractivity contribution in [2.75, 3.05) is 13.2 Å². The molecule has 0 saturated carbocycles. The van der Waals surface area contributed by atoms with Crippen molar-refractivity contribution in [1.29, 1.82) is 0 Å². The molecule has 152 valence electrons. The number of amides is 1. The van der Waals surface area contributed by atoms with Crippen molar-refractivity contribution in [2.24, 2.45) is 0 Å². The van der Waals surface area contributed by atoms with E-state index in [1.165, 1.54) is 0 Å². The monoisotopic (exact) mass is 442 g/mol. The molecule has 8 heteroatoms. The zero-order chi connectivity index (χ0) is 20.9. The van der Waals surface area contributed by atoms with Gasteiger partial charge in [0.05, 0.1) is 19.1 Å². The Hall–Kier alpha value is -2.23. The summed E-state index contributed by atoms with van der Waals surface area (Å²) in [5.74, 6) is -0.370. The third kappa shape index (κ3) is 6.15. The van der Waals surface area contributed by atoms with E-state index in [2.05, 4.69) is 10.3 Å². The van der Waals surface area contributed by atoms with Gasteiger partial charge in [0.2, 0.25) is 11.8 Å².